The van der Waals surface area contributed by atoms with Gasteiger partial charge >= 0.3 is 12.3 Å². The molecule has 0 radical (unpaired) electrons. The first-order valence-electron chi connectivity index (χ1n) is 19.5. The van der Waals surface area contributed by atoms with Crippen LogP contribution in [0.4, 0.5) is 23.8 Å². The van der Waals surface area contributed by atoms with E-state index in [1.165, 1.54) is 32.3 Å². The molecule has 0 unspecified atom stereocenters. The summed E-state index contributed by atoms with van der Waals surface area (Å²) in [7, 11) is 0. The van der Waals surface area contributed by atoms with Crippen molar-refractivity contribution in [2.24, 2.45) is 5.92 Å². The van der Waals surface area contributed by atoms with Crippen LogP contribution in [-0.2, 0) is 17.5 Å². The largest absolute Gasteiger partial charge is 0.444 e. The minimum Gasteiger partial charge on any atom is -0.444 e. The second-order valence-corrected chi connectivity index (χ2v) is 16.6. The number of hydrogen-bond acceptors (Lipinski definition) is 7. The lowest BCUT2D eigenvalue weighted by Crippen LogP contribution is -2.35. The molecule has 0 spiro atoms. The summed E-state index contributed by atoms with van der Waals surface area (Å²) in [5.74, 6) is 4.25. The molecule has 3 amide bonds. The van der Waals surface area contributed by atoms with Gasteiger partial charge < -0.3 is 15.0 Å². The number of pyridine rings is 1. The first-order chi connectivity index (χ1) is 28.9. The molecule has 1 saturated carbocycles. The normalized spacial score (nSPS) is 15.0. The number of fused-ring (bicyclic) bond motifs is 3. The molecule has 61 heavy (non-hydrogen) atoms. The van der Waals surface area contributed by atoms with Gasteiger partial charge in [0.15, 0.2) is 11.5 Å². The van der Waals surface area contributed by atoms with Gasteiger partial charge in [0.05, 0.1) is 27.6 Å². The maximum atomic E-state index is 14.4. The number of hydrogen-bond donors (Lipinski definition) is 2. The highest BCUT2D eigenvalue weighted by Gasteiger charge is 2.44. The second-order valence-electron chi connectivity index (χ2n) is 16.2. The fourth-order valence-corrected chi connectivity index (χ4v) is 7.88. The minimum absolute atomic E-state index is 0.0233. The van der Waals surface area contributed by atoms with Crippen molar-refractivity contribution in [3.63, 3.8) is 0 Å². The van der Waals surface area contributed by atoms with Gasteiger partial charge in [-0.2, -0.15) is 13.2 Å². The highest BCUT2D eigenvalue weighted by Crippen LogP contribution is 2.42. The Hall–Kier alpha value is -6.66. The lowest BCUT2D eigenvalue weighted by atomic mass is 9.99. The minimum atomic E-state index is -4.81. The van der Waals surface area contributed by atoms with Gasteiger partial charge in [-0.1, -0.05) is 47.9 Å². The molecule has 4 heterocycles. The van der Waals surface area contributed by atoms with Crippen molar-refractivity contribution < 1.29 is 32.3 Å². The van der Waals surface area contributed by atoms with Crippen LogP contribution in [-0.4, -0.2) is 53.6 Å². The van der Waals surface area contributed by atoms with Crippen molar-refractivity contribution >= 4 is 51.7 Å². The summed E-state index contributed by atoms with van der Waals surface area (Å²) in [6, 6.07) is 18.5. The Morgan fingerprint density at radius 2 is 1.70 bits per heavy atom. The highest BCUT2D eigenvalue weighted by molar-refractivity contribution is 6.35. The van der Waals surface area contributed by atoms with Crippen molar-refractivity contribution in [3.05, 3.63) is 134 Å². The number of ether oxygens (including phenoxy) is 1. The van der Waals surface area contributed by atoms with E-state index in [1.807, 2.05) is 6.92 Å². The Balaban J connectivity index is 1.18. The van der Waals surface area contributed by atoms with Crippen LogP contribution in [0.1, 0.15) is 102 Å². The van der Waals surface area contributed by atoms with Crippen molar-refractivity contribution in [3.8, 4) is 17.5 Å². The van der Waals surface area contributed by atoms with Gasteiger partial charge in [-0.3, -0.25) is 24.3 Å². The third kappa shape index (κ3) is 8.15. The number of anilines is 1. The van der Waals surface area contributed by atoms with Crippen LogP contribution in [0.5, 0.6) is 0 Å². The molecule has 1 aliphatic heterocycles. The summed E-state index contributed by atoms with van der Waals surface area (Å²) in [4.78, 5) is 60.8. The molecule has 2 atom stereocenters. The summed E-state index contributed by atoms with van der Waals surface area (Å²) in [6.45, 7) is 8.60. The smallest absolute Gasteiger partial charge is 0.417 e. The molecular formula is C45H39ClF3N7O5. The van der Waals surface area contributed by atoms with Crippen LogP contribution in [0.15, 0.2) is 83.8 Å². The molecule has 0 bridgehead atoms. The predicted molar refractivity (Wildman–Crippen MR) is 223 cm³/mol. The number of rotatable bonds is 7. The Morgan fingerprint density at radius 3 is 2.39 bits per heavy atom. The molecule has 12 nitrogen and oxygen atoms in total. The molecule has 16 heteroatoms. The van der Waals surface area contributed by atoms with Gasteiger partial charge in [0.2, 0.25) is 0 Å². The SMILES string of the molecule is C[C@H](NC(=O)c1c(NC(=O)OC(C)(C)C)nn2ccc(C#Cc3cc4c(c(C(F)(F)F)c3)C(=O)N([C@@H](C)C3CC3)C4)nc12)c1cc2cccc(Cl)c2c(=O)n1-c1ccccc1. The molecule has 3 aromatic carbocycles. The average Bonchev–Trinajstić information content (AvgIpc) is 3.91. The van der Waals surface area contributed by atoms with E-state index in [4.69, 9.17) is 16.3 Å². The van der Waals surface area contributed by atoms with Crippen LogP contribution < -0.4 is 16.2 Å². The number of nitrogens with one attached hydrogen (secondary N) is 2. The zero-order valence-corrected chi connectivity index (χ0v) is 34.4. The predicted octanol–water partition coefficient (Wildman–Crippen LogP) is 8.70. The highest BCUT2D eigenvalue weighted by atomic mass is 35.5. The summed E-state index contributed by atoms with van der Waals surface area (Å²) in [5, 5.41) is 11.0. The zero-order valence-electron chi connectivity index (χ0n) is 33.6. The number of alkyl halides is 3. The quantitative estimate of drug-likeness (QED) is 0.153. The first kappa shape index (κ1) is 41.1. The van der Waals surface area contributed by atoms with E-state index >= 15 is 0 Å². The van der Waals surface area contributed by atoms with Gasteiger partial charge in [0.25, 0.3) is 17.4 Å². The third-order valence-electron chi connectivity index (χ3n) is 10.6. The molecule has 2 aliphatic rings. The number of halogens is 4. The van der Waals surface area contributed by atoms with E-state index < -0.39 is 46.8 Å². The van der Waals surface area contributed by atoms with E-state index in [-0.39, 0.29) is 62.9 Å². The number of carbonyl (C=O) groups is 3. The monoisotopic (exact) mass is 849 g/mol. The fourth-order valence-electron chi connectivity index (χ4n) is 7.61. The number of carbonyl (C=O) groups excluding carboxylic acids is 3. The maximum absolute atomic E-state index is 14.4. The van der Waals surface area contributed by atoms with Crippen LogP contribution in [0.2, 0.25) is 5.02 Å². The summed E-state index contributed by atoms with van der Waals surface area (Å²) < 4.78 is 51.4. The Morgan fingerprint density at radius 1 is 0.967 bits per heavy atom. The van der Waals surface area contributed by atoms with E-state index in [0.717, 1.165) is 18.9 Å². The fraction of sp³-hybridized carbons (Fsp3) is 0.289. The van der Waals surface area contributed by atoms with E-state index in [2.05, 4.69) is 32.6 Å². The third-order valence-corrected chi connectivity index (χ3v) is 10.9. The molecule has 312 valence electrons. The average molecular weight is 850 g/mol. The van der Waals surface area contributed by atoms with Crippen molar-refractivity contribution in [2.75, 3.05) is 5.32 Å². The van der Waals surface area contributed by atoms with Crippen molar-refractivity contribution in [1.82, 2.24) is 29.4 Å². The van der Waals surface area contributed by atoms with Gasteiger partial charge in [0.1, 0.15) is 16.9 Å². The van der Waals surface area contributed by atoms with Crippen LogP contribution in [0.25, 0.3) is 22.1 Å². The standard InChI is InChI=1S/C45H39ClF3N7O5/c1-24(34-22-28-10-9-13-33(46)36(28)42(59)56(34)31-11-7-6-8-12-31)50-40(57)37-38(52-43(60)61-44(3,4)5)53-55-19-18-30(51-39(37)55)17-14-26-20-29-23-54(25(2)27-15-16-27)41(58)35(29)32(21-26)45(47,48)49/h6-13,18-22,24-25,27H,15-16,23H2,1-5H3,(H,50,57)(H,52,53,60)/t24-,25-/m0/s1. The number of aromatic nitrogens is 4. The van der Waals surface area contributed by atoms with Gasteiger partial charge in [-0.05, 0) is 113 Å². The Labute approximate surface area is 352 Å². The summed E-state index contributed by atoms with van der Waals surface area (Å²) in [5.41, 5.74) is -1.66. The molecule has 3 aromatic heterocycles. The van der Waals surface area contributed by atoms with Crippen molar-refractivity contribution in [2.45, 2.75) is 77.9 Å². The summed E-state index contributed by atoms with van der Waals surface area (Å²) in [6.07, 6.45) is -2.42. The molecule has 2 N–H and O–H groups in total. The van der Waals surface area contributed by atoms with E-state index in [1.54, 1.807) is 82.3 Å². The molecule has 1 aliphatic carbocycles. The molecule has 6 aromatic rings. The van der Waals surface area contributed by atoms with Crippen LogP contribution in [0, 0.1) is 17.8 Å². The molecular weight excluding hydrogens is 811 g/mol. The summed E-state index contributed by atoms with van der Waals surface area (Å²) >= 11 is 6.50. The zero-order chi connectivity index (χ0) is 43.5. The Kier molecular flexibility index (Phi) is 10.4. The van der Waals surface area contributed by atoms with E-state index in [9.17, 15) is 32.3 Å². The lowest BCUT2D eigenvalue weighted by molar-refractivity contribution is -0.138. The maximum Gasteiger partial charge on any atom is 0.417 e. The number of benzene rings is 3. The number of para-hydroxylation sites is 1. The first-order valence-corrected chi connectivity index (χ1v) is 19.9. The van der Waals surface area contributed by atoms with Crippen LogP contribution >= 0.6 is 11.6 Å². The van der Waals surface area contributed by atoms with Gasteiger partial charge in [-0.15, -0.1) is 5.10 Å². The molecule has 1 fully saturated rings. The topological polar surface area (TPSA) is 140 Å². The van der Waals surface area contributed by atoms with Crippen molar-refractivity contribution in [1.29, 1.82) is 0 Å². The number of amides is 3. The Bertz CT molecular complexity index is 2910. The van der Waals surface area contributed by atoms with Crippen LogP contribution in [0.3, 0.4) is 0 Å². The van der Waals surface area contributed by atoms with Gasteiger partial charge in [-0.25, -0.2) is 14.3 Å². The molecule has 0 saturated heterocycles. The lowest BCUT2D eigenvalue weighted by Gasteiger charge is -2.24. The molecule has 8 rings (SSSR count). The second kappa shape index (κ2) is 15.4. The van der Waals surface area contributed by atoms with Gasteiger partial charge in [0, 0.05) is 35.7 Å². The number of nitrogens with zero attached hydrogens (tertiary/aromatic N) is 5. The van der Waals surface area contributed by atoms with E-state index in [0.29, 0.717) is 22.2 Å².